The van der Waals surface area contributed by atoms with Gasteiger partial charge in [0, 0.05) is 12.3 Å². The van der Waals surface area contributed by atoms with Gasteiger partial charge in [-0.25, -0.2) is 0 Å². The first-order valence-corrected chi connectivity index (χ1v) is 6.28. The van der Waals surface area contributed by atoms with Gasteiger partial charge in [0.05, 0.1) is 0 Å². The highest BCUT2D eigenvalue weighted by atomic mass is 16.1. The van der Waals surface area contributed by atoms with Crippen LogP contribution in [0.4, 0.5) is 0 Å². The van der Waals surface area contributed by atoms with Crippen molar-refractivity contribution in [3.63, 3.8) is 0 Å². The summed E-state index contributed by atoms with van der Waals surface area (Å²) in [6.07, 6.45) is 6.26. The van der Waals surface area contributed by atoms with E-state index in [0.717, 1.165) is 57.3 Å². The fourth-order valence-corrected chi connectivity index (χ4v) is 2.42. The van der Waals surface area contributed by atoms with Crippen molar-refractivity contribution in [3.05, 3.63) is 5.82 Å². The zero-order chi connectivity index (χ0) is 11.9. The molecule has 1 fully saturated rings. The smallest absolute Gasteiger partial charge is 0.174 e. The highest BCUT2D eigenvalue weighted by Crippen LogP contribution is 2.22. The van der Waals surface area contributed by atoms with Crippen molar-refractivity contribution in [1.29, 1.82) is 0 Å². The van der Waals surface area contributed by atoms with Crippen LogP contribution < -0.4 is 5.32 Å². The number of aromatic amines is 1. The first-order chi connectivity index (χ1) is 8.40. The lowest BCUT2D eigenvalue weighted by molar-refractivity contribution is -0.113. The number of carbonyl (C=O) groups is 1. The second-order valence-electron chi connectivity index (χ2n) is 4.63. The Labute approximate surface area is 101 Å². The predicted octanol–water partition coefficient (Wildman–Crippen LogP) is 0.337. The molecule has 2 rings (SSSR count). The molecule has 1 saturated heterocycles. The van der Waals surface area contributed by atoms with Crippen LogP contribution in [0.25, 0.3) is 0 Å². The molecule has 0 amide bonds. The highest BCUT2D eigenvalue weighted by Gasteiger charge is 2.23. The van der Waals surface area contributed by atoms with E-state index in [0.29, 0.717) is 5.92 Å². The first kappa shape index (κ1) is 12.2. The molecule has 17 heavy (non-hydrogen) atoms. The number of tetrazole rings is 1. The van der Waals surface area contributed by atoms with Gasteiger partial charge in [-0.1, -0.05) is 11.6 Å². The van der Waals surface area contributed by atoms with E-state index in [1.807, 2.05) is 0 Å². The van der Waals surface area contributed by atoms with Crippen LogP contribution in [0, 0.1) is 11.8 Å². The summed E-state index contributed by atoms with van der Waals surface area (Å²) in [5, 5.41) is 17.2. The molecule has 1 aromatic heterocycles. The van der Waals surface area contributed by atoms with Crippen molar-refractivity contribution in [2.45, 2.75) is 32.1 Å². The Hall–Kier alpha value is -1.30. The van der Waals surface area contributed by atoms with Crippen molar-refractivity contribution in [2.75, 3.05) is 13.1 Å². The quantitative estimate of drug-likeness (QED) is 0.550. The number of aryl methyl sites for hydroxylation is 1. The van der Waals surface area contributed by atoms with Crippen molar-refractivity contribution in [3.8, 4) is 0 Å². The van der Waals surface area contributed by atoms with Gasteiger partial charge in [0.25, 0.3) is 0 Å². The molecule has 0 spiro atoms. The first-order valence-electron chi connectivity index (χ1n) is 6.28. The second kappa shape index (κ2) is 6.44. The van der Waals surface area contributed by atoms with Crippen molar-refractivity contribution < 1.29 is 4.79 Å². The fraction of sp³-hybridized carbons (Fsp3) is 0.818. The minimum Gasteiger partial charge on any atom is -0.316 e. The summed E-state index contributed by atoms with van der Waals surface area (Å²) < 4.78 is 0. The minimum atomic E-state index is 0.251. The zero-order valence-electron chi connectivity index (χ0n) is 9.93. The van der Waals surface area contributed by atoms with E-state index in [-0.39, 0.29) is 5.92 Å². The molecule has 2 atom stereocenters. The zero-order valence-corrected chi connectivity index (χ0v) is 9.93. The van der Waals surface area contributed by atoms with E-state index in [4.69, 9.17) is 0 Å². The molecule has 0 aromatic carbocycles. The van der Waals surface area contributed by atoms with Crippen LogP contribution >= 0.6 is 0 Å². The largest absolute Gasteiger partial charge is 0.316 e. The van der Waals surface area contributed by atoms with Gasteiger partial charge in [-0.3, -0.25) is 0 Å². The molecule has 1 aromatic rings. The average molecular weight is 237 g/mol. The number of nitrogens with zero attached hydrogens (tertiary/aromatic N) is 3. The van der Waals surface area contributed by atoms with Gasteiger partial charge in [-0.15, -0.1) is 10.2 Å². The van der Waals surface area contributed by atoms with Gasteiger partial charge >= 0.3 is 0 Å². The Balaban J connectivity index is 1.65. The molecular weight excluding hydrogens is 218 g/mol. The highest BCUT2D eigenvalue weighted by molar-refractivity contribution is 5.54. The van der Waals surface area contributed by atoms with Gasteiger partial charge in [-0.05, 0) is 38.3 Å². The number of hydrogen-bond acceptors (Lipinski definition) is 5. The third-order valence-electron chi connectivity index (χ3n) is 3.46. The normalized spacial score (nSPS) is 24.7. The molecular formula is C11H19N5O. The molecule has 2 N–H and O–H groups in total. The lowest BCUT2D eigenvalue weighted by Crippen LogP contribution is -2.37. The molecule has 6 heteroatoms. The number of aromatic nitrogens is 4. The van der Waals surface area contributed by atoms with E-state index in [2.05, 4.69) is 25.9 Å². The van der Waals surface area contributed by atoms with Gasteiger partial charge in [0.15, 0.2) is 5.82 Å². The number of aldehydes is 1. The molecule has 0 aliphatic carbocycles. The van der Waals surface area contributed by atoms with E-state index in [1.54, 1.807) is 0 Å². The van der Waals surface area contributed by atoms with E-state index in [1.165, 1.54) is 0 Å². The topological polar surface area (TPSA) is 83.6 Å². The molecule has 0 saturated carbocycles. The molecule has 6 nitrogen and oxygen atoms in total. The molecule has 0 radical (unpaired) electrons. The van der Waals surface area contributed by atoms with E-state index in [9.17, 15) is 4.79 Å². The Kier molecular flexibility index (Phi) is 4.61. The maximum Gasteiger partial charge on any atom is 0.174 e. The van der Waals surface area contributed by atoms with Gasteiger partial charge in [0.2, 0.25) is 0 Å². The average Bonchev–Trinajstić information content (AvgIpc) is 2.88. The molecule has 2 unspecified atom stereocenters. The van der Waals surface area contributed by atoms with E-state index < -0.39 is 0 Å². The van der Waals surface area contributed by atoms with Crippen molar-refractivity contribution in [1.82, 2.24) is 25.9 Å². The lowest BCUT2D eigenvalue weighted by atomic mass is 9.84. The Morgan fingerprint density at radius 3 is 3.12 bits per heavy atom. The van der Waals surface area contributed by atoms with Crippen LogP contribution in [0.1, 0.15) is 31.5 Å². The maximum atomic E-state index is 10.9. The van der Waals surface area contributed by atoms with E-state index >= 15 is 0 Å². The summed E-state index contributed by atoms with van der Waals surface area (Å²) >= 11 is 0. The molecule has 94 valence electrons. The standard InChI is InChI=1S/C11H19N5O/c17-8-10-5-6-12-7-9(10)3-1-2-4-11-13-15-16-14-11/h8-10,12H,1-7H2,(H,13,14,15,16). The Morgan fingerprint density at radius 2 is 2.35 bits per heavy atom. The summed E-state index contributed by atoms with van der Waals surface area (Å²) in [5.74, 6) is 1.53. The summed E-state index contributed by atoms with van der Waals surface area (Å²) in [7, 11) is 0. The lowest BCUT2D eigenvalue weighted by Gasteiger charge is -2.28. The van der Waals surface area contributed by atoms with Gasteiger partial charge in [-0.2, -0.15) is 5.21 Å². The van der Waals surface area contributed by atoms with Gasteiger partial charge < -0.3 is 10.1 Å². The molecule has 2 heterocycles. The second-order valence-corrected chi connectivity index (χ2v) is 4.63. The molecule has 1 aliphatic rings. The van der Waals surface area contributed by atoms with Crippen LogP contribution in [0.5, 0.6) is 0 Å². The molecule has 0 bridgehead atoms. The number of hydrogen-bond donors (Lipinski definition) is 2. The summed E-state index contributed by atoms with van der Waals surface area (Å²) in [5.41, 5.74) is 0. The van der Waals surface area contributed by atoms with Gasteiger partial charge in [0.1, 0.15) is 6.29 Å². The summed E-state index contributed by atoms with van der Waals surface area (Å²) in [6, 6.07) is 0. The van der Waals surface area contributed by atoms with Crippen LogP contribution in [-0.2, 0) is 11.2 Å². The number of rotatable bonds is 6. The van der Waals surface area contributed by atoms with Crippen LogP contribution in [0.2, 0.25) is 0 Å². The van der Waals surface area contributed by atoms with Crippen LogP contribution in [0.3, 0.4) is 0 Å². The SMILES string of the molecule is O=CC1CCNCC1CCCCc1nn[nH]n1. The monoisotopic (exact) mass is 237 g/mol. The summed E-state index contributed by atoms with van der Waals surface area (Å²) in [6.45, 7) is 1.95. The molecule has 1 aliphatic heterocycles. The number of carbonyl (C=O) groups excluding carboxylic acids is 1. The predicted molar refractivity (Wildman–Crippen MR) is 62.3 cm³/mol. The Bertz CT molecular complexity index is 327. The number of piperidine rings is 1. The minimum absolute atomic E-state index is 0.251. The fourth-order valence-electron chi connectivity index (χ4n) is 2.42. The number of H-pyrrole nitrogens is 1. The third-order valence-corrected chi connectivity index (χ3v) is 3.46. The van der Waals surface area contributed by atoms with Crippen LogP contribution in [-0.4, -0.2) is 40.0 Å². The summed E-state index contributed by atoms with van der Waals surface area (Å²) in [4.78, 5) is 10.9. The number of nitrogens with one attached hydrogen (secondary N) is 2. The Morgan fingerprint density at radius 1 is 1.41 bits per heavy atom. The number of unbranched alkanes of at least 4 members (excludes halogenated alkanes) is 1. The van der Waals surface area contributed by atoms with Crippen molar-refractivity contribution in [2.24, 2.45) is 11.8 Å². The van der Waals surface area contributed by atoms with Crippen LogP contribution in [0.15, 0.2) is 0 Å². The maximum absolute atomic E-state index is 10.9. The third kappa shape index (κ3) is 3.59. The van der Waals surface area contributed by atoms with Crippen molar-refractivity contribution >= 4 is 6.29 Å².